The van der Waals surface area contributed by atoms with Crippen LogP contribution in [0.5, 0.6) is 0 Å². The maximum Gasteiger partial charge on any atom is 0.163 e. The van der Waals surface area contributed by atoms with Crippen LogP contribution in [0.1, 0.15) is 149 Å². The van der Waals surface area contributed by atoms with Crippen molar-refractivity contribution in [2.75, 3.05) is 0 Å². The van der Waals surface area contributed by atoms with E-state index in [9.17, 15) is 4.79 Å². The van der Waals surface area contributed by atoms with Crippen LogP contribution in [-0.2, 0) is 6.42 Å². The molecule has 0 unspecified atom stereocenters. The number of rotatable bonds is 9. The first-order valence-electron chi connectivity index (χ1n) is 12.3. The number of Topliss-reactive ketones (excluding diaryl/α,β-unsaturated/α-hetero) is 1. The van der Waals surface area contributed by atoms with Crippen molar-refractivity contribution in [2.24, 2.45) is 0 Å². The van der Waals surface area contributed by atoms with Crippen molar-refractivity contribution in [3.05, 3.63) is 69.3 Å². The van der Waals surface area contributed by atoms with Gasteiger partial charge in [0.05, 0.1) is 0 Å². The first kappa shape index (κ1) is 25.4. The summed E-state index contributed by atoms with van der Waals surface area (Å²) in [5, 5.41) is 0. The summed E-state index contributed by atoms with van der Waals surface area (Å²) >= 11 is 0. The van der Waals surface area contributed by atoms with Gasteiger partial charge in [0.15, 0.2) is 5.78 Å². The van der Waals surface area contributed by atoms with Gasteiger partial charge in [-0.1, -0.05) is 87.4 Å². The highest BCUT2D eigenvalue weighted by Crippen LogP contribution is 2.33. The second-order valence-electron chi connectivity index (χ2n) is 10.8. The fourth-order valence-corrected chi connectivity index (χ4v) is 4.28. The molecule has 2 aromatic rings. The quantitative estimate of drug-likeness (QED) is 0.370. The zero-order valence-corrected chi connectivity index (χ0v) is 21.6. The SMILES string of the molecule is CC(C)c1cc(C(=O)CCc2c(C(C)C)cc(C(C)C)cc2C(C)C)cc(C(C)C)c1. The van der Waals surface area contributed by atoms with Crippen LogP contribution in [0.4, 0.5) is 0 Å². The third kappa shape index (κ3) is 6.31. The van der Waals surface area contributed by atoms with E-state index in [1.165, 1.54) is 33.4 Å². The topological polar surface area (TPSA) is 17.1 Å². The van der Waals surface area contributed by atoms with Gasteiger partial charge in [0.25, 0.3) is 0 Å². The number of carbonyl (C=O) groups is 1. The Morgan fingerprint density at radius 2 is 0.968 bits per heavy atom. The maximum atomic E-state index is 13.3. The molecule has 0 atom stereocenters. The molecule has 0 amide bonds. The van der Waals surface area contributed by atoms with Gasteiger partial charge in [-0.25, -0.2) is 0 Å². The Hall–Kier alpha value is -1.89. The van der Waals surface area contributed by atoms with Crippen LogP contribution in [-0.4, -0.2) is 5.78 Å². The van der Waals surface area contributed by atoms with Crippen molar-refractivity contribution in [2.45, 2.75) is 112 Å². The summed E-state index contributed by atoms with van der Waals surface area (Å²) in [7, 11) is 0. The largest absolute Gasteiger partial charge is 0.294 e. The van der Waals surface area contributed by atoms with Crippen molar-refractivity contribution in [3.8, 4) is 0 Å². The van der Waals surface area contributed by atoms with E-state index >= 15 is 0 Å². The van der Waals surface area contributed by atoms with Gasteiger partial charge in [-0.3, -0.25) is 4.79 Å². The highest BCUT2D eigenvalue weighted by molar-refractivity contribution is 5.96. The van der Waals surface area contributed by atoms with E-state index in [0.29, 0.717) is 36.0 Å². The number of hydrogen-bond donors (Lipinski definition) is 0. The van der Waals surface area contributed by atoms with Crippen molar-refractivity contribution in [1.29, 1.82) is 0 Å². The molecule has 2 rings (SSSR count). The van der Waals surface area contributed by atoms with Crippen molar-refractivity contribution in [1.82, 2.24) is 0 Å². The molecule has 0 saturated carbocycles. The molecule has 0 aliphatic carbocycles. The summed E-state index contributed by atoms with van der Waals surface area (Å²) in [5.74, 6) is 2.54. The van der Waals surface area contributed by atoms with Gasteiger partial charge in [-0.2, -0.15) is 0 Å². The predicted molar refractivity (Wildman–Crippen MR) is 136 cm³/mol. The van der Waals surface area contributed by atoms with Gasteiger partial charge in [-0.05, 0) is 81.5 Å². The standard InChI is InChI=1S/C30H44O/c1-18(2)23-13-24(19(3)4)15-26(14-23)30(31)12-11-27-28(21(7)8)16-25(20(5)6)17-29(27)22(9)10/h13-22H,11-12H2,1-10H3. The molecule has 0 bridgehead atoms. The summed E-state index contributed by atoms with van der Waals surface area (Å²) < 4.78 is 0. The summed E-state index contributed by atoms with van der Waals surface area (Å²) in [6.07, 6.45) is 1.39. The van der Waals surface area contributed by atoms with Crippen molar-refractivity contribution < 1.29 is 4.79 Å². The van der Waals surface area contributed by atoms with Gasteiger partial charge in [-0.15, -0.1) is 0 Å². The molecule has 0 radical (unpaired) electrons. The van der Waals surface area contributed by atoms with Gasteiger partial charge < -0.3 is 0 Å². The Bertz CT molecular complexity index is 841. The van der Waals surface area contributed by atoms with Crippen LogP contribution in [0.15, 0.2) is 30.3 Å². The zero-order chi connectivity index (χ0) is 23.5. The lowest BCUT2D eigenvalue weighted by molar-refractivity contribution is 0.0982. The Kier molecular flexibility index (Phi) is 8.69. The first-order chi connectivity index (χ1) is 14.4. The number of benzene rings is 2. The molecule has 170 valence electrons. The molecule has 2 aromatic carbocycles. The Morgan fingerprint density at radius 3 is 1.32 bits per heavy atom. The van der Waals surface area contributed by atoms with Crippen molar-refractivity contribution >= 4 is 5.78 Å². The highest BCUT2D eigenvalue weighted by atomic mass is 16.1. The number of ketones is 1. The molecule has 0 N–H and O–H groups in total. The highest BCUT2D eigenvalue weighted by Gasteiger charge is 2.19. The smallest absolute Gasteiger partial charge is 0.163 e. The molecule has 0 saturated heterocycles. The van der Waals surface area contributed by atoms with Gasteiger partial charge in [0.1, 0.15) is 0 Å². The first-order valence-corrected chi connectivity index (χ1v) is 12.3. The Labute approximate surface area is 191 Å². The lowest BCUT2D eigenvalue weighted by atomic mass is 9.82. The fourth-order valence-electron chi connectivity index (χ4n) is 4.28. The lowest BCUT2D eigenvalue weighted by Crippen LogP contribution is -2.10. The number of hydrogen-bond acceptors (Lipinski definition) is 1. The molecule has 31 heavy (non-hydrogen) atoms. The van der Waals surface area contributed by atoms with Crippen LogP contribution >= 0.6 is 0 Å². The summed E-state index contributed by atoms with van der Waals surface area (Å²) in [5.41, 5.74) is 9.05. The normalized spacial score (nSPS) is 12.1. The van der Waals surface area contributed by atoms with E-state index in [1.54, 1.807) is 0 Å². The van der Waals surface area contributed by atoms with Gasteiger partial charge in [0.2, 0.25) is 0 Å². The van der Waals surface area contributed by atoms with Crippen LogP contribution in [0.25, 0.3) is 0 Å². The molecule has 0 fully saturated rings. The van der Waals surface area contributed by atoms with E-state index in [4.69, 9.17) is 0 Å². The van der Waals surface area contributed by atoms with Crippen molar-refractivity contribution in [3.63, 3.8) is 0 Å². The summed E-state index contributed by atoms with van der Waals surface area (Å²) in [4.78, 5) is 13.3. The third-order valence-corrected chi connectivity index (χ3v) is 6.49. The predicted octanol–water partition coefficient (Wildman–Crippen LogP) is 9.12. The fraction of sp³-hybridized carbons (Fsp3) is 0.567. The molecule has 0 aliphatic rings. The molecule has 0 spiro atoms. The lowest BCUT2D eigenvalue weighted by Gasteiger charge is -2.23. The van der Waals surface area contributed by atoms with E-state index in [1.807, 2.05) is 0 Å². The molecule has 1 nitrogen and oxygen atoms in total. The second-order valence-corrected chi connectivity index (χ2v) is 10.8. The van der Waals surface area contributed by atoms with E-state index in [0.717, 1.165) is 12.0 Å². The molecule has 0 aliphatic heterocycles. The molecule has 0 heterocycles. The van der Waals surface area contributed by atoms with E-state index < -0.39 is 0 Å². The minimum atomic E-state index is 0.266. The zero-order valence-electron chi connectivity index (χ0n) is 21.6. The minimum absolute atomic E-state index is 0.266. The molecular weight excluding hydrogens is 376 g/mol. The average Bonchev–Trinajstić information content (AvgIpc) is 2.70. The molecular formula is C30H44O. The summed E-state index contributed by atoms with van der Waals surface area (Å²) in [6.45, 7) is 22.4. The van der Waals surface area contributed by atoms with Crippen LogP contribution in [0.3, 0.4) is 0 Å². The molecule has 1 heteroatoms. The van der Waals surface area contributed by atoms with Gasteiger partial charge in [0, 0.05) is 12.0 Å². The average molecular weight is 421 g/mol. The Morgan fingerprint density at radius 1 is 0.581 bits per heavy atom. The monoisotopic (exact) mass is 420 g/mol. The Balaban J connectivity index is 2.41. The van der Waals surface area contributed by atoms with Crippen LogP contribution in [0.2, 0.25) is 0 Å². The second kappa shape index (κ2) is 10.6. The van der Waals surface area contributed by atoms with Gasteiger partial charge >= 0.3 is 0 Å². The van der Waals surface area contributed by atoms with E-state index in [2.05, 4.69) is 99.6 Å². The maximum absolute atomic E-state index is 13.3. The minimum Gasteiger partial charge on any atom is -0.294 e. The number of carbonyl (C=O) groups excluding carboxylic acids is 1. The third-order valence-electron chi connectivity index (χ3n) is 6.49. The summed E-state index contributed by atoms with van der Waals surface area (Å²) in [6, 6.07) is 11.3. The van der Waals surface area contributed by atoms with Crippen LogP contribution in [0, 0.1) is 0 Å². The van der Waals surface area contributed by atoms with Crippen LogP contribution < -0.4 is 0 Å². The molecule has 0 aromatic heterocycles. The van der Waals surface area contributed by atoms with E-state index in [-0.39, 0.29) is 5.78 Å².